The Hall–Kier alpha value is -2.01. The van der Waals surface area contributed by atoms with Gasteiger partial charge in [0, 0.05) is 11.1 Å². The van der Waals surface area contributed by atoms with Crippen LogP contribution in [0.3, 0.4) is 0 Å². The molecule has 0 unspecified atom stereocenters. The lowest BCUT2D eigenvalue weighted by Gasteiger charge is -2.07. The molecule has 0 spiro atoms. The first-order valence-electron chi connectivity index (χ1n) is 3.97. The van der Waals surface area contributed by atoms with Crippen LogP contribution in [0.25, 0.3) is 0 Å². The molecule has 1 aromatic rings. The van der Waals surface area contributed by atoms with Gasteiger partial charge in [-0.2, -0.15) is 10.5 Å². The van der Waals surface area contributed by atoms with Crippen LogP contribution in [0.1, 0.15) is 16.7 Å². The second kappa shape index (κ2) is 4.02. The lowest BCUT2D eigenvalue weighted by atomic mass is 10.0. The van der Waals surface area contributed by atoms with E-state index in [1.54, 1.807) is 0 Å². The molecule has 0 aliphatic rings. The smallest absolute Gasteiger partial charge is 0.166 e. The largest absolute Gasteiger partial charge is 0.205 e. The van der Waals surface area contributed by atoms with Gasteiger partial charge >= 0.3 is 0 Å². The first-order valence-corrected chi connectivity index (χ1v) is 3.97. The molecule has 0 fully saturated rings. The molecule has 2 nitrogen and oxygen atoms in total. The van der Waals surface area contributed by atoms with Crippen molar-refractivity contribution >= 4 is 0 Å². The van der Waals surface area contributed by atoms with Gasteiger partial charge in [-0.25, -0.2) is 13.2 Å². The lowest BCUT2D eigenvalue weighted by molar-refractivity contribution is 0.476. The number of rotatable bonds is 1. The van der Waals surface area contributed by atoms with Gasteiger partial charge in [-0.1, -0.05) is 0 Å². The third kappa shape index (κ3) is 1.64. The molecule has 76 valence electrons. The van der Waals surface area contributed by atoms with Crippen LogP contribution in [-0.4, -0.2) is 0 Å². The van der Waals surface area contributed by atoms with Crippen molar-refractivity contribution in [1.29, 1.82) is 10.5 Å². The number of benzene rings is 1. The summed E-state index contributed by atoms with van der Waals surface area (Å²) < 4.78 is 39.7. The van der Waals surface area contributed by atoms with Crippen molar-refractivity contribution in [3.8, 4) is 12.1 Å². The monoisotopic (exact) mass is 210 g/mol. The van der Waals surface area contributed by atoms with E-state index in [1.165, 1.54) is 12.1 Å². The zero-order valence-electron chi connectivity index (χ0n) is 7.74. The van der Waals surface area contributed by atoms with Crippen LogP contribution in [0.15, 0.2) is 0 Å². The molecule has 0 atom stereocenters. The van der Waals surface area contributed by atoms with E-state index in [1.807, 2.05) is 0 Å². The van der Waals surface area contributed by atoms with Gasteiger partial charge in [0.1, 0.15) is 11.9 Å². The molecule has 0 bridgehead atoms. The average Bonchev–Trinajstić information content (AvgIpc) is 2.22. The maximum Gasteiger partial charge on any atom is 0.166 e. The van der Waals surface area contributed by atoms with Crippen LogP contribution in [0.4, 0.5) is 13.2 Å². The Kier molecular flexibility index (Phi) is 2.96. The summed E-state index contributed by atoms with van der Waals surface area (Å²) in [6, 6.07) is 2.95. The van der Waals surface area contributed by atoms with Crippen LogP contribution in [0.2, 0.25) is 0 Å². The van der Waals surface area contributed by atoms with Crippen LogP contribution >= 0.6 is 0 Å². The molecule has 0 saturated heterocycles. The van der Waals surface area contributed by atoms with E-state index in [0.717, 1.165) is 6.92 Å². The molecule has 1 rings (SSSR count). The molecule has 0 radical (unpaired) electrons. The number of halogens is 3. The third-order valence-corrected chi connectivity index (χ3v) is 2.01. The van der Waals surface area contributed by atoms with Gasteiger partial charge in [0.05, 0.1) is 18.1 Å². The van der Waals surface area contributed by atoms with Crippen molar-refractivity contribution in [3.05, 3.63) is 34.1 Å². The van der Waals surface area contributed by atoms with Crippen molar-refractivity contribution in [3.63, 3.8) is 0 Å². The standard InChI is InChI=1S/C10H5F3N2/c1-5-7(4-15)9(12)6(2-3-14)10(13)8(5)11/h2H2,1H3. The van der Waals surface area contributed by atoms with E-state index < -0.39 is 35.0 Å². The number of hydrogen-bond donors (Lipinski definition) is 0. The Labute approximate surface area is 84.2 Å². The quantitative estimate of drug-likeness (QED) is 0.668. The van der Waals surface area contributed by atoms with Crippen LogP contribution in [0, 0.1) is 47.0 Å². The lowest BCUT2D eigenvalue weighted by Crippen LogP contribution is -2.05. The summed E-state index contributed by atoms with van der Waals surface area (Å²) in [6.07, 6.45) is -0.608. The molecule has 0 aliphatic carbocycles. The highest BCUT2D eigenvalue weighted by Crippen LogP contribution is 2.24. The first kappa shape index (κ1) is 11.1. The van der Waals surface area contributed by atoms with Crippen molar-refractivity contribution in [2.45, 2.75) is 13.3 Å². The fourth-order valence-corrected chi connectivity index (χ4v) is 1.19. The van der Waals surface area contributed by atoms with E-state index in [2.05, 4.69) is 0 Å². The Morgan fingerprint density at radius 2 is 1.67 bits per heavy atom. The van der Waals surface area contributed by atoms with Gasteiger partial charge in [-0.3, -0.25) is 0 Å². The minimum Gasteiger partial charge on any atom is -0.205 e. The highest BCUT2D eigenvalue weighted by Gasteiger charge is 2.22. The summed E-state index contributed by atoms with van der Waals surface area (Å²) in [6.45, 7) is 1.11. The highest BCUT2D eigenvalue weighted by atomic mass is 19.2. The normalized spacial score (nSPS) is 9.47. The second-order valence-electron chi connectivity index (χ2n) is 2.87. The maximum absolute atomic E-state index is 13.4. The van der Waals surface area contributed by atoms with E-state index in [9.17, 15) is 13.2 Å². The van der Waals surface area contributed by atoms with Crippen LogP contribution in [0.5, 0.6) is 0 Å². The van der Waals surface area contributed by atoms with Crippen LogP contribution < -0.4 is 0 Å². The summed E-state index contributed by atoms with van der Waals surface area (Å²) in [5.74, 6) is -3.83. The zero-order chi connectivity index (χ0) is 11.6. The van der Waals surface area contributed by atoms with Gasteiger partial charge < -0.3 is 0 Å². The number of nitriles is 2. The molecule has 0 heterocycles. The van der Waals surface area contributed by atoms with Crippen molar-refractivity contribution < 1.29 is 13.2 Å². The van der Waals surface area contributed by atoms with E-state index in [0.29, 0.717) is 0 Å². The number of nitrogens with zero attached hydrogens (tertiary/aromatic N) is 2. The fraction of sp³-hybridized carbons (Fsp3) is 0.200. The van der Waals surface area contributed by atoms with Crippen molar-refractivity contribution in [2.75, 3.05) is 0 Å². The average molecular weight is 210 g/mol. The zero-order valence-corrected chi connectivity index (χ0v) is 7.74. The molecule has 5 heteroatoms. The Bertz CT molecular complexity index is 495. The molecule has 0 aliphatic heterocycles. The second-order valence-corrected chi connectivity index (χ2v) is 2.87. The van der Waals surface area contributed by atoms with Gasteiger partial charge in [0.25, 0.3) is 0 Å². The fourth-order valence-electron chi connectivity index (χ4n) is 1.19. The Morgan fingerprint density at radius 1 is 1.07 bits per heavy atom. The molecule has 0 N–H and O–H groups in total. The molecular formula is C10H5F3N2. The van der Waals surface area contributed by atoms with E-state index >= 15 is 0 Å². The van der Waals surface area contributed by atoms with Gasteiger partial charge in [0.15, 0.2) is 11.6 Å². The van der Waals surface area contributed by atoms with E-state index in [-0.39, 0.29) is 5.56 Å². The minimum absolute atomic E-state index is 0.380. The highest BCUT2D eigenvalue weighted by molar-refractivity contribution is 5.44. The third-order valence-electron chi connectivity index (χ3n) is 2.01. The molecule has 1 aromatic carbocycles. The number of hydrogen-bond acceptors (Lipinski definition) is 2. The molecule has 0 saturated carbocycles. The Balaban J connectivity index is 3.64. The summed E-state index contributed by atoms with van der Waals surface area (Å²) in [5.41, 5.74) is -1.63. The van der Waals surface area contributed by atoms with Gasteiger partial charge in [-0.15, -0.1) is 0 Å². The van der Waals surface area contributed by atoms with Crippen molar-refractivity contribution in [1.82, 2.24) is 0 Å². The maximum atomic E-state index is 13.4. The summed E-state index contributed by atoms with van der Waals surface area (Å²) in [7, 11) is 0. The molecular weight excluding hydrogens is 205 g/mol. The van der Waals surface area contributed by atoms with Gasteiger partial charge in [-0.05, 0) is 6.92 Å². The topological polar surface area (TPSA) is 47.6 Å². The minimum atomic E-state index is -1.40. The first-order chi connectivity index (χ1) is 7.04. The predicted molar refractivity (Wildman–Crippen MR) is 45.1 cm³/mol. The summed E-state index contributed by atoms with van der Waals surface area (Å²) in [5, 5.41) is 16.8. The van der Waals surface area contributed by atoms with E-state index in [4.69, 9.17) is 10.5 Å². The predicted octanol–water partition coefficient (Wildman–Crippen LogP) is 2.35. The SMILES string of the molecule is Cc1c(F)c(F)c(CC#N)c(F)c1C#N. The molecule has 15 heavy (non-hydrogen) atoms. The van der Waals surface area contributed by atoms with Crippen molar-refractivity contribution in [2.24, 2.45) is 0 Å². The van der Waals surface area contributed by atoms with Crippen LogP contribution in [-0.2, 0) is 6.42 Å². The Morgan fingerprint density at radius 3 is 2.13 bits per heavy atom. The van der Waals surface area contributed by atoms with Gasteiger partial charge in [0.2, 0.25) is 0 Å². The summed E-state index contributed by atoms with van der Waals surface area (Å²) >= 11 is 0. The molecule has 0 amide bonds. The molecule has 0 aromatic heterocycles. The summed E-state index contributed by atoms with van der Waals surface area (Å²) in [4.78, 5) is 0.